The molecule has 2 aliphatic heterocycles. The zero-order valence-electron chi connectivity index (χ0n) is 13.6. The van der Waals surface area contributed by atoms with Crippen molar-refractivity contribution in [2.45, 2.75) is 50.8 Å². The molecule has 2 saturated heterocycles. The van der Waals surface area contributed by atoms with Gasteiger partial charge in [-0.1, -0.05) is 12.8 Å². The van der Waals surface area contributed by atoms with Crippen LogP contribution >= 0.6 is 0 Å². The quantitative estimate of drug-likeness (QED) is 0.924. The Labute approximate surface area is 137 Å². The van der Waals surface area contributed by atoms with E-state index in [-0.39, 0.29) is 17.9 Å². The van der Waals surface area contributed by atoms with Crippen LogP contribution in [-0.4, -0.2) is 42.6 Å². The highest BCUT2D eigenvalue weighted by molar-refractivity contribution is 5.79. The first-order valence-electron chi connectivity index (χ1n) is 8.97. The Morgan fingerprint density at radius 1 is 1.26 bits per heavy atom. The van der Waals surface area contributed by atoms with E-state index in [2.05, 4.69) is 10.2 Å². The predicted molar refractivity (Wildman–Crippen MR) is 85.7 cm³/mol. The molecule has 5 heteroatoms. The van der Waals surface area contributed by atoms with Gasteiger partial charge in [-0.3, -0.25) is 9.69 Å². The third-order valence-electron chi connectivity index (χ3n) is 5.82. The Bertz CT molecular complexity index is 524. The third-order valence-corrected chi connectivity index (χ3v) is 5.82. The van der Waals surface area contributed by atoms with Crippen molar-refractivity contribution in [1.82, 2.24) is 10.2 Å². The molecule has 3 heterocycles. The number of fused-ring (bicyclic) bond motifs is 1. The molecular formula is C18H26N2O3. The van der Waals surface area contributed by atoms with Crippen molar-refractivity contribution < 1.29 is 13.9 Å². The molecule has 3 fully saturated rings. The number of furan rings is 1. The molecule has 4 rings (SSSR count). The molecule has 0 spiro atoms. The van der Waals surface area contributed by atoms with E-state index in [1.807, 2.05) is 12.1 Å². The Morgan fingerprint density at radius 3 is 2.91 bits per heavy atom. The Kier molecular flexibility index (Phi) is 4.40. The van der Waals surface area contributed by atoms with Crippen LogP contribution in [0.1, 0.15) is 37.9 Å². The summed E-state index contributed by atoms with van der Waals surface area (Å²) in [4.78, 5) is 15.3. The first-order chi connectivity index (χ1) is 11.3. The lowest BCUT2D eigenvalue weighted by molar-refractivity contribution is -0.132. The second-order valence-electron chi connectivity index (χ2n) is 7.16. The Hall–Kier alpha value is -1.33. The van der Waals surface area contributed by atoms with Crippen LogP contribution in [0.15, 0.2) is 22.8 Å². The average molecular weight is 318 g/mol. The van der Waals surface area contributed by atoms with E-state index in [0.717, 1.165) is 31.9 Å². The number of carbonyl (C=O) groups is 1. The van der Waals surface area contributed by atoms with Crippen LogP contribution in [0.2, 0.25) is 0 Å². The topological polar surface area (TPSA) is 54.7 Å². The van der Waals surface area contributed by atoms with Crippen LogP contribution in [0.5, 0.6) is 0 Å². The SMILES string of the molecule is O=C(NCc1ccco1)[C@@H]1CN(C2CCCC2)C[C@@H]2OCC[C@@H]21. The van der Waals surface area contributed by atoms with Crippen LogP contribution in [0.4, 0.5) is 0 Å². The Balaban J connectivity index is 1.42. The van der Waals surface area contributed by atoms with E-state index in [1.165, 1.54) is 25.7 Å². The van der Waals surface area contributed by atoms with Crippen molar-refractivity contribution >= 4 is 5.91 Å². The minimum atomic E-state index is 0.0480. The first-order valence-corrected chi connectivity index (χ1v) is 8.97. The smallest absolute Gasteiger partial charge is 0.225 e. The molecule has 0 radical (unpaired) electrons. The highest BCUT2D eigenvalue weighted by Crippen LogP contribution is 2.37. The summed E-state index contributed by atoms with van der Waals surface area (Å²) in [5.41, 5.74) is 0. The molecule has 126 valence electrons. The van der Waals surface area contributed by atoms with E-state index in [4.69, 9.17) is 9.15 Å². The van der Waals surface area contributed by atoms with Gasteiger partial charge in [-0.25, -0.2) is 0 Å². The molecule has 1 aromatic heterocycles. The normalized spacial score (nSPS) is 32.1. The van der Waals surface area contributed by atoms with Crippen molar-refractivity contribution in [3.05, 3.63) is 24.2 Å². The number of nitrogens with zero attached hydrogens (tertiary/aromatic N) is 1. The van der Waals surface area contributed by atoms with Crippen molar-refractivity contribution in [2.75, 3.05) is 19.7 Å². The molecule has 1 aromatic rings. The van der Waals surface area contributed by atoms with E-state index in [9.17, 15) is 4.79 Å². The van der Waals surface area contributed by atoms with Gasteiger partial charge in [0.25, 0.3) is 0 Å². The number of hydrogen-bond donors (Lipinski definition) is 1. The number of hydrogen-bond acceptors (Lipinski definition) is 4. The third kappa shape index (κ3) is 3.17. The van der Waals surface area contributed by atoms with Crippen LogP contribution in [0, 0.1) is 11.8 Å². The van der Waals surface area contributed by atoms with Gasteiger partial charge >= 0.3 is 0 Å². The van der Waals surface area contributed by atoms with Gasteiger partial charge in [-0.05, 0) is 31.4 Å². The zero-order chi connectivity index (χ0) is 15.6. The summed E-state index contributed by atoms with van der Waals surface area (Å²) < 4.78 is 11.2. The van der Waals surface area contributed by atoms with Crippen molar-refractivity contribution in [2.24, 2.45) is 11.8 Å². The zero-order valence-corrected chi connectivity index (χ0v) is 13.6. The van der Waals surface area contributed by atoms with E-state index < -0.39 is 0 Å². The lowest BCUT2D eigenvalue weighted by atomic mass is 9.81. The number of nitrogens with one attached hydrogen (secondary N) is 1. The summed E-state index contributed by atoms with van der Waals surface area (Å²) in [6, 6.07) is 4.40. The molecule has 3 atom stereocenters. The second-order valence-corrected chi connectivity index (χ2v) is 7.16. The molecule has 0 unspecified atom stereocenters. The van der Waals surface area contributed by atoms with Gasteiger partial charge in [-0.2, -0.15) is 0 Å². The van der Waals surface area contributed by atoms with Gasteiger partial charge in [0.2, 0.25) is 5.91 Å². The number of amides is 1. The number of rotatable bonds is 4. The average Bonchev–Trinajstić information content (AvgIpc) is 3.33. The largest absolute Gasteiger partial charge is 0.467 e. The minimum Gasteiger partial charge on any atom is -0.467 e. The van der Waals surface area contributed by atoms with Crippen molar-refractivity contribution in [3.63, 3.8) is 0 Å². The first kappa shape index (κ1) is 15.2. The highest BCUT2D eigenvalue weighted by Gasteiger charge is 2.45. The maximum absolute atomic E-state index is 12.8. The lowest BCUT2D eigenvalue weighted by Gasteiger charge is -2.42. The fraction of sp³-hybridized carbons (Fsp3) is 0.722. The fourth-order valence-electron chi connectivity index (χ4n) is 4.57. The van der Waals surface area contributed by atoms with Gasteiger partial charge in [0.15, 0.2) is 0 Å². The second kappa shape index (κ2) is 6.65. The van der Waals surface area contributed by atoms with Crippen molar-refractivity contribution in [3.8, 4) is 0 Å². The van der Waals surface area contributed by atoms with Gasteiger partial charge in [0.1, 0.15) is 5.76 Å². The summed E-state index contributed by atoms with van der Waals surface area (Å²) in [5.74, 6) is 1.39. The van der Waals surface area contributed by atoms with Gasteiger partial charge in [0, 0.05) is 31.7 Å². The number of ether oxygens (including phenoxy) is 1. The molecule has 5 nitrogen and oxygen atoms in total. The minimum absolute atomic E-state index is 0.0480. The summed E-state index contributed by atoms with van der Waals surface area (Å²) in [7, 11) is 0. The summed E-state index contributed by atoms with van der Waals surface area (Å²) in [6.07, 6.45) is 8.10. The standard InChI is InChI=1S/C18H26N2O3/c21-18(19-10-14-6-3-8-22-14)16-11-20(13-4-1-2-5-13)12-17-15(16)7-9-23-17/h3,6,8,13,15-17H,1-2,4-5,7,9-12H2,(H,19,21)/t15-,16-,17+/m1/s1. The molecular weight excluding hydrogens is 292 g/mol. The molecule has 1 N–H and O–H groups in total. The van der Waals surface area contributed by atoms with E-state index in [1.54, 1.807) is 6.26 Å². The van der Waals surface area contributed by atoms with Crippen LogP contribution in [0.3, 0.4) is 0 Å². The molecule has 1 saturated carbocycles. The molecule has 0 aromatic carbocycles. The molecule has 1 aliphatic carbocycles. The van der Waals surface area contributed by atoms with Gasteiger partial charge in [0.05, 0.1) is 24.8 Å². The Morgan fingerprint density at radius 2 is 2.13 bits per heavy atom. The molecule has 0 bridgehead atoms. The summed E-state index contributed by atoms with van der Waals surface area (Å²) >= 11 is 0. The fourth-order valence-corrected chi connectivity index (χ4v) is 4.57. The van der Waals surface area contributed by atoms with Crippen molar-refractivity contribution in [1.29, 1.82) is 0 Å². The van der Waals surface area contributed by atoms with Crippen LogP contribution < -0.4 is 5.32 Å². The van der Waals surface area contributed by atoms with Crippen LogP contribution in [0.25, 0.3) is 0 Å². The maximum Gasteiger partial charge on any atom is 0.225 e. The number of carbonyl (C=O) groups excluding carboxylic acids is 1. The summed E-state index contributed by atoms with van der Waals surface area (Å²) in [6.45, 7) is 3.18. The summed E-state index contributed by atoms with van der Waals surface area (Å²) in [5, 5.41) is 3.06. The monoisotopic (exact) mass is 318 g/mol. The van der Waals surface area contributed by atoms with Gasteiger partial charge < -0.3 is 14.5 Å². The lowest BCUT2D eigenvalue weighted by Crippen LogP contribution is -2.54. The number of piperidine rings is 1. The number of likely N-dealkylation sites (tertiary alicyclic amines) is 1. The van der Waals surface area contributed by atoms with Gasteiger partial charge in [-0.15, -0.1) is 0 Å². The molecule has 23 heavy (non-hydrogen) atoms. The van der Waals surface area contributed by atoms with E-state index >= 15 is 0 Å². The van der Waals surface area contributed by atoms with E-state index in [0.29, 0.717) is 18.5 Å². The maximum atomic E-state index is 12.8. The molecule has 3 aliphatic rings. The van der Waals surface area contributed by atoms with Crippen LogP contribution in [-0.2, 0) is 16.1 Å². The highest BCUT2D eigenvalue weighted by atomic mass is 16.5. The predicted octanol–water partition coefficient (Wildman–Crippen LogP) is 2.18. The molecule has 1 amide bonds.